The average molecular weight is 394 g/mol. The van der Waals surface area contributed by atoms with Crippen LogP contribution in [-0.2, 0) is 4.79 Å². The summed E-state index contributed by atoms with van der Waals surface area (Å²) in [6.45, 7) is 3.46. The van der Waals surface area contributed by atoms with E-state index in [0.717, 1.165) is 4.47 Å². The number of aliphatic carboxylic acids is 1. The topological polar surface area (TPSA) is 78.4 Å². The van der Waals surface area contributed by atoms with Gasteiger partial charge in [-0.1, -0.05) is 29.8 Å². The fourth-order valence-corrected chi connectivity index (χ4v) is 2.11. The minimum atomic E-state index is -1.06. The van der Waals surface area contributed by atoms with E-state index in [1.165, 1.54) is 0 Å². The number of amides is 2. The lowest BCUT2D eigenvalue weighted by Gasteiger charge is -2.18. The molecule has 0 saturated carbocycles. The highest BCUT2D eigenvalue weighted by Crippen LogP contribution is 2.26. The molecule has 0 aliphatic carbocycles. The van der Waals surface area contributed by atoms with Gasteiger partial charge in [-0.3, -0.25) is 0 Å². The minimum absolute atomic E-state index is 0.200. The maximum absolute atomic E-state index is 11.8. The van der Waals surface area contributed by atoms with Gasteiger partial charge in [-0.15, -0.1) is 0 Å². The van der Waals surface area contributed by atoms with Crippen LogP contribution in [0.15, 0.2) is 27.1 Å². The highest BCUT2D eigenvalue weighted by atomic mass is 79.9. The molecule has 0 aromatic heterocycles. The van der Waals surface area contributed by atoms with Gasteiger partial charge in [0.25, 0.3) is 0 Å². The quantitative estimate of drug-likeness (QED) is 0.733. The van der Waals surface area contributed by atoms with Crippen molar-refractivity contribution in [3.63, 3.8) is 0 Å². The minimum Gasteiger partial charge on any atom is -0.480 e. The summed E-state index contributed by atoms with van der Waals surface area (Å²) in [5, 5.41) is 14.0. The number of benzene rings is 1. The van der Waals surface area contributed by atoms with Crippen molar-refractivity contribution in [3.8, 4) is 0 Å². The van der Waals surface area contributed by atoms with Crippen molar-refractivity contribution in [2.75, 3.05) is 5.32 Å². The molecular weight excluding hydrogens is 380 g/mol. The molecule has 0 unspecified atom stereocenters. The molecule has 0 spiro atoms. The molecule has 5 nitrogen and oxygen atoms in total. The second-order valence-corrected chi connectivity index (χ2v) is 6.05. The van der Waals surface area contributed by atoms with Gasteiger partial charge in [-0.05, 0) is 40.0 Å². The third-order valence-corrected chi connectivity index (χ3v) is 3.58. The molecule has 0 bridgehead atoms. The first-order chi connectivity index (χ1) is 8.81. The van der Waals surface area contributed by atoms with Gasteiger partial charge >= 0.3 is 12.0 Å². The van der Waals surface area contributed by atoms with Crippen LogP contribution in [0.25, 0.3) is 0 Å². The number of urea groups is 1. The van der Waals surface area contributed by atoms with Gasteiger partial charge in [0, 0.05) is 8.95 Å². The van der Waals surface area contributed by atoms with E-state index in [1.54, 1.807) is 26.0 Å². The summed E-state index contributed by atoms with van der Waals surface area (Å²) in [4.78, 5) is 22.8. The van der Waals surface area contributed by atoms with E-state index in [0.29, 0.717) is 10.2 Å². The number of hydrogen-bond donors (Lipinski definition) is 3. The summed E-state index contributed by atoms with van der Waals surface area (Å²) in [6, 6.07) is 3.83. The van der Waals surface area contributed by atoms with E-state index in [9.17, 15) is 9.59 Å². The summed E-state index contributed by atoms with van der Waals surface area (Å²) in [5.74, 6) is -1.26. The Morgan fingerprint density at radius 3 is 2.42 bits per heavy atom. The highest BCUT2D eigenvalue weighted by molar-refractivity contribution is 9.11. The van der Waals surface area contributed by atoms with Crippen LogP contribution in [0.4, 0.5) is 10.5 Å². The molecule has 2 amide bonds. The number of hydrogen-bond acceptors (Lipinski definition) is 2. The van der Waals surface area contributed by atoms with Crippen molar-refractivity contribution in [1.82, 2.24) is 5.32 Å². The second kappa shape index (κ2) is 6.91. The molecule has 0 fully saturated rings. The largest absolute Gasteiger partial charge is 0.480 e. The Balaban J connectivity index is 2.74. The van der Waals surface area contributed by atoms with E-state index < -0.39 is 18.0 Å². The van der Waals surface area contributed by atoms with Crippen LogP contribution in [-0.4, -0.2) is 23.1 Å². The molecule has 104 valence electrons. The molecule has 3 N–H and O–H groups in total. The van der Waals surface area contributed by atoms with Gasteiger partial charge in [-0.25, -0.2) is 9.59 Å². The standard InChI is InChI=1S/C12H14Br2N2O3/c1-6(2)10(11(17)18)16-12(19)15-9-5-7(13)3-4-8(9)14/h3-6,10H,1-2H3,(H,17,18)(H2,15,16,19)/t10-/m1/s1. The van der Waals surface area contributed by atoms with Crippen molar-refractivity contribution in [2.24, 2.45) is 5.92 Å². The van der Waals surface area contributed by atoms with Gasteiger partial charge < -0.3 is 15.7 Å². The number of carbonyl (C=O) groups excluding carboxylic acids is 1. The van der Waals surface area contributed by atoms with Crippen LogP contribution in [0.1, 0.15) is 13.8 Å². The SMILES string of the molecule is CC(C)[C@@H](NC(=O)Nc1cc(Br)ccc1Br)C(=O)O. The molecule has 1 rings (SSSR count). The van der Waals surface area contributed by atoms with Gasteiger partial charge in [0.05, 0.1) is 5.69 Å². The van der Waals surface area contributed by atoms with Crippen molar-refractivity contribution in [3.05, 3.63) is 27.1 Å². The Hall–Kier alpha value is -1.08. The van der Waals surface area contributed by atoms with Crippen LogP contribution in [0, 0.1) is 5.92 Å². The lowest BCUT2D eigenvalue weighted by Crippen LogP contribution is -2.46. The maximum atomic E-state index is 11.8. The number of carboxylic acid groups (broad SMARTS) is 1. The normalized spacial score (nSPS) is 12.1. The summed E-state index contributed by atoms with van der Waals surface area (Å²) in [5.41, 5.74) is 0.555. The molecule has 0 saturated heterocycles. The fourth-order valence-electron chi connectivity index (χ4n) is 1.41. The van der Waals surface area contributed by atoms with Crippen LogP contribution < -0.4 is 10.6 Å². The van der Waals surface area contributed by atoms with Crippen molar-refractivity contribution in [2.45, 2.75) is 19.9 Å². The fraction of sp³-hybridized carbons (Fsp3) is 0.333. The summed E-state index contributed by atoms with van der Waals surface area (Å²) in [6.07, 6.45) is 0. The number of carboxylic acids is 1. The molecule has 0 aliphatic rings. The maximum Gasteiger partial charge on any atom is 0.326 e. The lowest BCUT2D eigenvalue weighted by molar-refractivity contribution is -0.140. The number of anilines is 1. The number of carbonyl (C=O) groups is 2. The van der Waals surface area contributed by atoms with Gasteiger partial charge in [0.15, 0.2) is 0 Å². The van der Waals surface area contributed by atoms with Crippen molar-refractivity contribution >= 4 is 49.5 Å². The molecule has 0 heterocycles. The first-order valence-electron chi connectivity index (χ1n) is 5.56. The summed E-state index contributed by atoms with van der Waals surface area (Å²) < 4.78 is 1.52. The van der Waals surface area contributed by atoms with E-state index in [4.69, 9.17) is 5.11 Å². The van der Waals surface area contributed by atoms with E-state index in [-0.39, 0.29) is 5.92 Å². The zero-order valence-corrected chi connectivity index (χ0v) is 13.6. The van der Waals surface area contributed by atoms with Crippen LogP contribution >= 0.6 is 31.9 Å². The third-order valence-electron chi connectivity index (χ3n) is 2.40. The molecule has 1 aromatic carbocycles. The third kappa shape index (κ3) is 4.83. The van der Waals surface area contributed by atoms with Crippen LogP contribution in [0.3, 0.4) is 0 Å². The molecule has 19 heavy (non-hydrogen) atoms. The number of rotatable bonds is 4. The van der Waals surface area contributed by atoms with E-state index in [1.807, 2.05) is 6.07 Å². The Morgan fingerprint density at radius 1 is 1.26 bits per heavy atom. The van der Waals surface area contributed by atoms with Crippen molar-refractivity contribution < 1.29 is 14.7 Å². The van der Waals surface area contributed by atoms with Gasteiger partial charge in [-0.2, -0.15) is 0 Å². The first kappa shape index (κ1) is 16.0. The molecule has 7 heteroatoms. The lowest BCUT2D eigenvalue weighted by atomic mass is 10.1. The Morgan fingerprint density at radius 2 is 1.89 bits per heavy atom. The van der Waals surface area contributed by atoms with Crippen LogP contribution in [0.5, 0.6) is 0 Å². The Labute approximate surface area is 128 Å². The molecular formula is C12H14Br2N2O3. The zero-order valence-electron chi connectivity index (χ0n) is 10.4. The van der Waals surface area contributed by atoms with Crippen LogP contribution in [0.2, 0.25) is 0 Å². The number of halogens is 2. The molecule has 1 atom stereocenters. The zero-order chi connectivity index (χ0) is 14.6. The molecule has 0 aliphatic heterocycles. The number of nitrogens with one attached hydrogen (secondary N) is 2. The summed E-state index contributed by atoms with van der Waals surface area (Å²) >= 11 is 6.60. The van der Waals surface area contributed by atoms with E-state index in [2.05, 4.69) is 42.5 Å². The first-order valence-corrected chi connectivity index (χ1v) is 7.15. The van der Waals surface area contributed by atoms with Gasteiger partial charge in [0.2, 0.25) is 0 Å². The predicted octanol–water partition coefficient (Wildman–Crippen LogP) is 3.44. The Kier molecular flexibility index (Phi) is 5.81. The second-order valence-electron chi connectivity index (χ2n) is 4.28. The monoisotopic (exact) mass is 392 g/mol. The molecule has 1 aromatic rings. The molecule has 0 radical (unpaired) electrons. The summed E-state index contributed by atoms with van der Waals surface area (Å²) in [7, 11) is 0. The van der Waals surface area contributed by atoms with Gasteiger partial charge in [0.1, 0.15) is 6.04 Å². The van der Waals surface area contributed by atoms with Crippen molar-refractivity contribution in [1.29, 1.82) is 0 Å². The van der Waals surface area contributed by atoms with E-state index >= 15 is 0 Å². The smallest absolute Gasteiger partial charge is 0.326 e. The Bertz CT molecular complexity index is 492. The predicted molar refractivity (Wildman–Crippen MR) is 80.3 cm³/mol. The average Bonchev–Trinajstić information content (AvgIpc) is 2.30. The highest BCUT2D eigenvalue weighted by Gasteiger charge is 2.23.